The van der Waals surface area contributed by atoms with Crippen molar-refractivity contribution in [1.29, 1.82) is 0 Å². The van der Waals surface area contributed by atoms with Gasteiger partial charge in [0.25, 0.3) is 0 Å². The van der Waals surface area contributed by atoms with Crippen molar-refractivity contribution in [2.45, 2.75) is 44.9 Å². The van der Waals surface area contributed by atoms with Crippen LogP contribution in [0.1, 0.15) is 44.2 Å². The van der Waals surface area contributed by atoms with Crippen LogP contribution in [-0.4, -0.2) is 34.5 Å². The lowest BCUT2D eigenvalue weighted by Gasteiger charge is -2.24. The summed E-state index contributed by atoms with van der Waals surface area (Å²) in [4.78, 5) is 7.40. The van der Waals surface area contributed by atoms with Crippen molar-refractivity contribution in [2.24, 2.45) is 0 Å². The van der Waals surface area contributed by atoms with Gasteiger partial charge < -0.3 is 4.98 Å². The summed E-state index contributed by atoms with van der Waals surface area (Å²) < 4.78 is 26.0. The van der Waals surface area contributed by atoms with Crippen LogP contribution in [0.15, 0.2) is 6.20 Å². The van der Waals surface area contributed by atoms with Crippen LogP contribution in [-0.2, 0) is 10.0 Å². The number of sulfonamides is 1. The van der Waals surface area contributed by atoms with Gasteiger partial charge in [0.05, 0.1) is 11.3 Å². The molecule has 1 aliphatic rings. The molecule has 0 amide bonds. The first kappa shape index (κ1) is 12.6. The number of hydrogen-bond acceptors (Lipinski definition) is 3. The summed E-state index contributed by atoms with van der Waals surface area (Å²) in [6, 6.07) is -0.115. The number of imidazole rings is 1. The molecule has 1 atom stereocenters. The molecule has 17 heavy (non-hydrogen) atoms. The van der Waals surface area contributed by atoms with Crippen molar-refractivity contribution < 1.29 is 8.42 Å². The Morgan fingerprint density at radius 1 is 1.53 bits per heavy atom. The van der Waals surface area contributed by atoms with E-state index in [1.165, 1.54) is 0 Å². The summed E-state index contributed by atoms with van der Waals surface area (Å²) >= 11 is 0. The van der Waals surface area contributed by atoms with E-state index >= 15 is 0 Å². The number of rotatable bonds is 3. The summed E-state index contributed by atoms with van der Waals surface area (Å²) in [5.74, 6) is 0.768. The number of nitrogens with one attached hydrogen (secondary N) is 1. The molecule has 0 radical (unpaired) electrons. The van der Waals surface area contributed by atoms with Crippen LogP contribution < -0.4 is 0 Å². The quantitative estimate of drug-likeness (QED) is 0.894. The third-order valence-electron chi connectivity index (χ3n) is 3.16. The molecule has 1 saturated heterocycles. The molecule has 0 saturated carbocycles. The number of aryl methyl sites for hydroxylation is 1. The Hall–Kier alpha value is -0.880. The van der Waals surface area contributed by atoms with Gasteiger partial charge in [-0.3, -0.25) is 0 Å². The van der Waals surface area contributed by atoms with E-state index in [0.717, 1.165) is 24.4 Å². The van der Waals surface area contributed by atoms with Crippen molar-refractivity contribution in [1.82, 2.24) is 14.3 Å². The zero-order valence-corrected chi connectivity index (χ0v) is 11.3. The number of nitrogens with zero attached hydrogens (tertiary/aromatic N) is 2. The van der Waals surface area contributed by atoms with Crippen molar-refractivity contribution in [3.63, 3.8) is 0 Å². The molecule has 1 aromatic rings. The Bertz CT molecular complexity index is 493. The van der Waals surface area contributed by atoms with Crippen LogP contribution in [0, 0.1) is 6.92 Å². The van der Waals surface area contributed by atoms with Crippen LogP contribution in [0.5, 0.6) is 0 Å². The Labute approximate surface area is 102 Å². The Kier molecular flexibility index (Phi) is 3.27. The highest BCUT2D eigenvalue weighted by Crippen LogP contribution is 2.33. The highest BCUT2D eigenvalue weighted by atomic mass is 32.2. The Balaban J connectivity index is 2.30. The number of hydrogen-bond donors (Lipinski definition) is 1. The molecule has 1 fully saturated rings. The van der Waals surface area contributed by atoms with Gasteiger partial charge in [0.1, 0.15) is 5.82 Å². The standard InChI is InChI=1S/C11H19N3O2S/c1-8(2)17(15,16)14-6-4-5-10(14)11-12-7-9(3)13-11/h7-8,10H,4-6H2,1-3H3,(H,12,13)/t10-/m0/s1. The van der Waals surface area contributed by atoms with Crippen LogP contribution >= 0.6 is 0 Å². The van der Waals surface area contributed by atoms with Gasteiger partial charge >= 0.3 is 0 Å². The first-order valence-corrected chi connectivity index (χ1v) is 7.45. The average molecular weight is 257 g/mol. The highest BCUT2D eigenvalue weighted by molar-refractivity contribution is 7.89. The molecule has 0 aromatic carbocycles. The summed E-state index contributed by atoms with van der Waals surface area (Å²) in [6.45, 7) is 5.97. The molecule has 0 unspecified atom stereocenters. The second-order valence-electron chi connectivity index (χ2n) is 4.81. The summed E-state index contributed by atoms with van der Waals surface area (Å²) in [6.07, 6.45) is 3.49. The van der Waals surface area contributed by atoms with Crippen LogP contribution in [0.4, 0.5) is 0 Å². The molecule has 0 spiro atoms. The number of aromatic amines is 1. The maximum absolute atomic E-state index is 12.2. The fourth-order valence-corrected chi connectivity index (χ4v) is 3.68. The maximum Gasteiger partial charge on any atom is 0.217 e. The van der Waals surface area contributed by atoms with Gasteiger partial charge in [-0.15, -0.1) is 0 Å². The minimum atomic E-state index is -3.19. The average Bonchev–Trinajstić information content (AvgIpc) is 2.84. The SMILES string of the molecule is Cc1cnc([C@@H]2CCCN2S(=O)(=O)C(C)C)[nH]1. The zero-order chi connectivity index (χ0) is 12.6. The zero-order valence-electron chi connectivity index (χ0n) is 10.5. The first-order chi connectivity index (χ1) is 7.93. The Morgan fingerprint density at radius 2 is 2.24 bits per heavy atom. The van der Waals surface area contributed by atoms with Crippen molar-refractivity contribution in [2.75, 3.05) is 6.54 Å². The number of aromatic nitrogens is 2. The van der Waals surface area contributed by atoms with E-state index < -0.39 is 10.0 Å². The van der Waals surface area contributed by atoms with Gasteiger partial charge in [-0.1, -0.05) is 0 Å². The molecular formula is C11H19N3O2S. The van der Waals surface area contributed by atoms with Crippen molar-refractivity contribution in [3.05, 3.63) is 17.7 Å². The predicted molar refractivity (Wildman–Crippen MR) is 66.1 cm³/mol. The molecule has 2 rings (SSSR count). The van der Waals surface area contributed by atoms with Crippen molar-refractivity contribution >= 4 is 10.0 Å². The lowest BCUT2D eigenvalue weighted by molar-refractivity contribution is 0.381. The van der Waals surface area contributed by atoms with Gasteiger partial charge in [-0.25, -0.2) is 13.4 Å². The van der Waals surface area contributed by atoms with Crippen LogP contribution in [0.3, 0.4) is 0 Å². The second kappa shape index (κ2) is 4.42. The fraction of sp³-hybridized carbons (Fsp3) is 0.727. The first-order valence-electron chi connectivity index (χ1n) is 5.95. The van der Waals surface area contributed by atoms with E-state index in [-0.39, 0.29) is 11.3 Å². The lowest BCUT2D eigenvalue weighted by Crippen LogP contribution is -2.36. The normalized spacial score (nSPS) is 22.5. The minimum Gasteiger partial charge on any atom is -0.345 e. The van der Waals surface area contributed by atoms with Crippen molar-refractivity contribution in [3.8, 4) is 0 Å². The molecule has 6 heteroatoms. The van der Waals surface area contributed by atoms with E-state index in [1.807, 2.05) is 6.92 Å². The van der Waals surface area contributed by atoms with E-state index in [2.05, 4.69) is 9.97 Å². The molecule has 1 aromatic heterocycles. The van der Waals surface area contributed by atoms with E-state index in [9.17, 15) is 8.42 Å². The van der Waals surface area contributed by atoms with Gasteiger partial charge in [-0.2, -0.15) is 4.31 Å². The van der Waals surface area contributed by atoms with Gasteiger partial charge in [0, 0.05) is 18.4 Å². The summed E-state index contributed by atoms with van der Waals surface area (Å²) in [7, 11) is -3.19. The van der Waals surface area contributed by atoms with E-state index in [0.29, 0.717) is 6.54 Å². The maximum atomic E-state index is 12.2. The van der Waals surface area contributed by atoms with Crippen LogP contribution in [0.2, 0.25) is 0 Å². The fourth-order valence-electron chi connectivity index (χ4n) is 2.19. The third-order valence-corrected chi connectivity index (χ3v) is 5.45. The topological polar surface area (TPSA) is 66.1 Å². The molecule has 96 valence electrons. The molecule has 0 aliphatic carbocycles. The predicted octanol–water partition coefficient (Wildman–Crippen LogP) is 1.59. The summed E-state index contributed by atoms with van der Waals surface area (Å²) in [5, 5.41) is -0.376. The Morgan fingerprint density at radius 3 is 2.76 bits per heavy atom. The third kappa shape index (κ3) is 2.24. The van der Waals surface area contributed by atoms with E-state index in [1.54, 1.807) is 24.3 Å². The molecular weight excluding hydrogens is 238 g/mol. The highest BCUT2D eigenvalue weighted by Gasteiger charge is 2.37. The monoisotopic (exact) mass is 257 g/mol. The molecule has 2 heterocycles. The van der Waals surface area contributed by atoms with Gasteiger partial charge in [0.2, 0.25) is 10.0 Å². The molecule has 0 bridgehead atoms. The van der Waals surface area contributed by atoms with E-state index in [4.69, 9.17) is 0 Å². The lowest BCUT2D eigenvalue weighted by atomic mass is 10.2. The summed E-state index contributed by atoms with van der Waals surface area (Å²) in [5.41, 5.74) is 0.966. The minimum absolute atomic E-state index is 0.115. The number of H-pyrrole nitrogens is 1. The smallest absolute Gasteiger partial charge is 0.217 e. The largest absolute Gasteiger partial charge is 0.345 e. The molecule has 1 aliphatic heterocycles. The van der Waals surface area contributed by atoms with Gasteiger partial charge in [-0.05, 0) is 33.6 Å². The molecule has 1 N–H and O–H groups in total. The van der Waals surface area contributed by atoms with Gasteiger partial charge in [0.15, 0.2) is 0 Å². The van der Waals surface area contributed by atoms with Crippen LogP contribution in [0.25, 0.3) is 0 Å². The molecule has 5 nitrogen and oxygen atoms in total. The second-order valence-corrected chi connectivity index (χ2v) is 7.26.